The quantitative estimate of drug-likeness (QED) is 0.169. The van der Waals surface area contributed by atoms with Gasteiger partial charge in [0.25, 0.3) is 0 Å². The maximum absolute atomic E-state index is 10.6. The highest BCUT2D eigenvalue weighted by Crippen LogP contribution is 2.19. The lowest BCUT2D eigenvalue weighted by Crippen LogP contribution is -2.17. The van der Waals surface area contributed by atoms with E-state index < -0.39 is 0 Å². The lowest BCUT2D eigenvalue weighted by molar-refractivity contribution is -0.148. The van der Waals surface area contributed by atoms with E-state index in [0.717, 1.165) is 12.2 Å². The van der Waals surface area contributed by atoms with Crippen molar-refractivity contribution in [1.82, 2.24) is 0 Å². The minimum Gasteiger partial charge on any atom is -0.430 e. The van der Waals surface area contributed by atoms with Crippen LogP contribution >= 0.6 is 0 Å². The van der Waals surface area contributed by atoms with Gasteiger partial charge in [-0.15, -0.1) is 0 Å². The lowest BCUT2D eigenvalue weighted by atomic mass is 10.1. The van der Waals surface area contributed by atoms with Crippen LogP contribution in [0.15, 0.2) is 24.0 Å². The van der Waals surface area contributed by atoms with Crippen molar-refractivity contribution in [3.05, 3.63) is 24.0 Å². The Morgan fingerprint density at radius 1 is 0.750 bits per heavy atom. The maximum atomic E-state index is 10.6. The monoisotopic (exact) mass is 334 g/mol. The highest BCUT2D eigenvalue weighted by Gasteiger charge is 2.20. The van der Waals surface area contributed by atoms with Crippen molar-refractivity contribution in [2.75, 3.05) is 0 Å². The average molecular weight is 335 g/mol. The molecule has 0 aromatic carbocycles. The van der Waals surface area contributed by atoms with Crippen molar-refractivity contribution in [2.45, 2.75) is 110 Å². The fraction of sp³-hybridized carbons (Fsp3) is 0.773. The summed E-state index contributed by atoms with van der Waals surface area (Å²) < 4.78 is 4.88. The second kappa shape index (κ2) is 15.5. The molecule has 0 aromatic rings. The van der Waals surface area contributed by atoms with Gasteiger partial charge in [-0.05, 0) is 44.6 Å². The number of esters is 1. The molecule has 0 aromatic heterocycles. The molecule has 0 spiro atoms. The molecular formula is C22H38O2. The van der Waals surface area contributed by atoms with E-state index in [1.807, 2.05) is 0 Å². The molecule has 2 nitrogen and oxygen atoms in total. The van der Waals surface area contributed by atoms with Crippen LogP contribution in [0.5, 0.6) is 0 Å². The van der Waals surface area contributed by atoms with Gasteiger partial charge in [-0.1, -0.05) is 76.9 Å². The number of allylic oxidation sites excluding steroid dienone is 3. The Labute approximate surface area is 149 Å². The van der Waals surface area contributed by atoms with Crippen molar-refractivity contribution in [1.29, 1.82) is 0 Å². The fourth-order valence-corrected chi connectivity index (χ4v) is 3.05. The Morgan fingerprint density at radius 2 is 1.21 bits per heavy atom. The molecule has 0 amide bonds. The first-order chi connectivity index (χ1) is 11.8. The molecule has 0 saturated carbocycles. The van der Waals surface area contributed by atoms with Gasteiger partial charge in [0.1, 0.15) is 12.2 Å². The number of rotatable bonds is 16. The van der Waals surface area contributed by atoms with Crippen LogP contribution in [0.4, 0.5) is 0 Å². The molecular weight excluding hydrogens is 296 g/mol. The van der Waals surface area contributed by atoms with Gasteiger partial charge in [-0.25, -0.2) is 0 Å². The number of ether oxygens (including phenoxy) is 1. The molecule has 1 rings (SSSR count). The van der Waals surface area contributed by atoms with Crippen LogP contribution in [0.3, 0.4) is 0 Å². The van der Waals surface area contributed by atoms with E-state index in [9.17, 15) is 4.79 Å². The molecule has 1 heterocycles. The molecule has 0 atom stereocenters. The first kappa shape index (κ1) is 21.0. The molecule has 0 bridgehead atoms. The van der Waals surface area contributed by atoms with E-state index in [2.05, 4.69) is 25.2 Å². The fourth-order valence-electron chi connectivity index (χ4n) is 3.05. The van der Waals surface area contributed by atoms with Gasteiger partial charge in [-0.2, -0.15) is 0 Å². The standard InChI is InChI=1S/C22H38O2/c1-2-3-4-5-6-7-8-9-10-11-12-13-14-15-16-17-18-19-21-20-22(23)24-21/h9-10,19H,2-8,11-18,20H2,1H3. The largest absolute Gasteiger partial charge is 0.430 e. The molecule has 1 fully saturated rings. The first-order valence-corrected chi connectivity index (χ1v) is 10.4. The minimum atomic E-state index is -0.0812. The molecule has 138 valence electrons. The highest BCUT2D eigenvalue weighted by atomic mass is 16.6. The zero-order chi connectivity index (χ0) is 17.3. The summed E-state index contributed by atoms with van der Waals surface area (Å²) in [6, 6.07) is 0. The van der Waals surface area contributed by atoms with Crippen LogP contribution in [0, 0.1) is 0 Å². The molecule has 0 aliphatic carbocycles. The van der Waals surface area contributed by atoms with Crippen LogP contribution in [0.1, 0.15) is 110 Å². The minimum absolute atomic E-state index is 0.0812. The summed E-state index contributed by atoms with van der Waals surface area (Å²) in [6.07, 6.45) is 27.3. The van der Waals surface area contributed by atoms with Gasteiger partial charge in [0.15, 0.2) is 0 Å². The number of carbonyl (C=O) groups excluding carboxylic acids is 1. The molecule has 0 unspecified atom stereocenters. The first-order valence-electron chi connectivity index (χ1n) is 10.4. The summed E-state index contributed by atoms with van der Waals surface area (Å²) in [5.74, 6) is 0.801. The number of hydrogen-bond donors (Lipinski definition) is 0. The van der Waals surface area contributed by atoms with E-state index in [0.29, 0.717) is 6.42 Å². The van der Waals surface area contributed by atoms with Gasteiger partial charge < -0.3 is 4.74 Å². The second-order valence-electron chi connectivity index (χ2n) is 7.05. The maximum Gasteiger partial charge on any atom is 0.318 e. The molecule has 24 heavy (non-hydrogen) atoms. The molecule has 1 aliphatic heterocycles. The zero-order valence-electron chi connectivity index (χ0n) is 15.9. The topological polar surface area (TPSA) is 26.3 Å². The molecule has 2 heteroatoms. The summed E-state index contributed by atoms with van der Waals surface area (Å²) >= 11 is 0. The Balaban J connectivity index is 1.72. The smallest absolute Gasteiger partial charge is 0.318 e. The number of carbonyl (C=O) groups is 1. The van der Waals surface area contributed by atoms with E-state index in [-0.39, 0.29) is 5.97 Å². The SMILES string of the molecule is CCCCCCCCC=CCCCCCCCCC=C1CC(=O)O1. The van der Waals surface area contributed by atoms with Crippen molar-refractivity contribution in [2.24, 2.45) is 0 Å². The highest BCUT2D eigenvalue weighted by molar-refractivity contribution is 5.79. The normalized spacial score (nSPS) is 15.9. The Kier molecular flexibility index (Phi) is 13.5. The number of hydrogen-bond acceptors (Lipinski definition) is 2. The summed E-state index contributed by atoms with van der Waals surface area (Å²) in [5, 5.41) is 0. The van der Waals surface area contributed by atoms with Crippen LogP contribution in [-0.4, -0.2) is 5.97 Å². The van der Waals surface area contributed by atoms with Crippen molar-refractivity contribution in [3.63, 3.8) is 0 Å². The van der Waals surface area contributed by atoms with E-state index >= 15 is 0 Å². The second-order valence-corrected chi connectivity index (χ2v) is 7.05. The summed E-state index contributed by atoms with van der Waals surface area (Å²) in [7, 11) is 0. The molecule has 0 N–H and O–H groups in total. The van der Waals surface area contributed by atoms with E-state index in [1.165, 1.54) is 89.9 Å². The van der Waals surface area contributed by atoms with Gasteiger partial charge in [0.05, 0.1) is 0 Å². The van der Waals surface area contributed by atoms with Gasteiger partial charge in [0.2, 0.25) is 0 Å². The molecule has 1 aliphatic rings. The predicted molar refractivity (Wildman–Crippen MR) is 103 cm³/mol. The summed E-state index contributed by atoms with van der Waals surface area (Å²) in [4.78, 5) is 10.6. The van der Waals surface area contributed by atoms with Crippen molar-refractivity contribution >= 4 is 5.97 Å². The van der Waals surface area contributed by atoms with E-state index in [4.69, 9.17) is 4.74 Å². The summed E-state index contributed by atoms with van der Waals surface area (Å²) in [6.45, 7) is 2.27. The molecule has 1 saturated heterocycles. The van der Waals surface area contributed by atoms with Crippen LogP contribution < -0.4 is 0 Å². The molecule has 0 radical (unpaired) electrons. The van der Waals surface area contributed by atoms with Crippen molar-refractivity contribution < 1.29 is 9.53 Å². The van der Waals surface area contributed by atoms with Gasteiger partial charge in [-0.3, -0.25) is 4.79 Å². The summed E-state index contributed by atoms with van der Waals surface area (Å²) in [5.41, 5.74) is 0. The van der Waals surface area contributed by atoms with E-state index in [1.54, 1.807) is 0 Å². The Bertz CT molecular complexity index is 358. The third kappa shape index (κ3) is 12.4. The van der Waals surface area contributed by atoms with Gasteiger partial charge >= 0.3 is 5.97 Å². The van der Waals surface area contributed by atoms with Crippen molar-refractivity contribution in [3.8, 4) is 0 Å². The van der Waals surface area contributed by atoms with Crippen LogP contribution in [0.2, 0.25) is 0 Å². The number of cyclic esters (lactones) is 1. The average Bonchev–Trinajstić information content (AvgIpc) is 2.55. The Hall–Kier alpha value is -1.05. The third-order valence-corrected chi connectivity index (χ3v) is 4.65. The zero-order valence-corrected chi connectivity index (χ0v) is 15.9. The van der Waals surface area contributed by atoms with Crippen LogP contribution in [0.25, 0.3) is 0 Å². The van der Waals surface area contributed by atoms with Gasteiger partial charge in [0, 0.05) is 0 Å². The van der Waals surface area contributed by atoms with Crippen LogP contribution in [-0.2, 0) is 9.53 Å². The Morgan fingerprint density at radius 3 is 1.71 bits per heavy atom. The number of unbranched alkanes of at least 4 members (excludes halogenated alkanes) is 13. The third-order valence-electron chi connectivity index (χ3n) is 4.65. The predicted octanol–water partition coefficient (Wildman–Crippen LogP) is 7.24. The lowest BCUT2D eigenvalue weighted by Gasteiger charge is -2.15.